The van der Waals surface area contributed by atoms with E-state index in [2.05, 4.69) is 9.97 Å². The zero-order chi connectivity index (χ0) is 23.8. The Morgan fingerprint density at radius 2 is 1.88 bits per heavy atom. The van der Waals surface area contributed by atoms with E-state index in [-0.39, 0.29) is 19.4 Å². The molecule has 0 spiro atoms. The van der Waals surface area contributed by atoms with E-state index in [0.29, 0.717) is 33.3 Å². The van der Waals surface area contributed by atoms with E-state index in [1.165, 1.54) is 23.5 Å². The third-order valence-corrected chi connectivity index (χ3v) is 6.15. The van der Waals surface area contributed by atoms with Gasteiger partial charge in [0.15, 0.2) is 11.5 Å². The van der Waals surface area contributed by atoms with Gasteiger partial charge in [0.05, 0.1) is 22.6 Å². The first-order chi connectivity index (χ1) is 15.6. The van der Waals surface area contributed by atoms with Crippen LogP contribution < -0.4 is 4.74 Å². The summed E-state index contributed by atoms with van der Waals surface area (Å²) in [5.74, 6) is 0.00249. The second-order valence-corrected chi connectivity index (χ2v) is 8.56. The smallest absolute Gasteiger partial charge is 0.416 e. The molecule has 0 aliphatic heterocycles. The second kappa shape index (κ2) is 8.86. The second-order valence-electron chi connectivity index (χ2n) is 7.48. The minimum absolute atomic E-state index is 0.0683. The molecule has 0 saturated carbocycles. The van der Waals surface area contributed by atoms with E-state index in [1.54, 1.807) is 6.07 Å². The van der Waals surface area contributed by atoms with Crippen LogP contribution in [0.25, 0.3) is 21.7 Å². The van der Waals surface area contributed by atoms with Crippen LogP contribution in [0.15, 0.2) is 40.8 Å². The number of halogens is 3. The Labute approximate surface area is 190 Å². The van der Waals surface area contributed by atoms with Crippen molar-refractivity contribution in [2.24, 2.45) is 0 Å². The number of aromatic nitrogens is 2. The molecule has 2 aromatic heterocycles. The summed E-state index contributed by atoms with van der Waals surface area (Å²) in [5.41, 5.74) is 2.62. The number of ether oxygens (including phenoxy) is 1. The quantitative estimate of drug-likeness (QED) is 0.343. The summed E-state index contributed by atoms with van der Waals surface area (Å²) in [5, 5.41) is 9.45. The van der Waals surface area contributed by atoms with Crippen molar-refractivity contribution in [3.63, 3.8) is 0 Å². The molecule has 0 bridgehead atoms. The molecule has 4 rings (SSSR count). The first-order valence-electron chi connectivity index (χ1n) is 9.99. The lowest BCUT2D eigenvalue weighted by molar-refractivity contribution is -0.138. The maximum atomic E-state index is 12.8. The molecule has 6 nitrogen and oxygen atoms in total. The van der Waals surface area contributed by atoms with Crippen molar-refractivity contribution < 1.29 is 32.2 Å². The average molecular weight is 476 g/mol. The summed E-state index contributed by atoms with van der Waals surface area (Å²) in [6, 6.07) is 8.45. The molecule has 0 aliphatic rings. The number of fused-ring (bicyclic) bond motifs is 1. The summed E-state index contributed by atoms with van der Waals surface area (Å²) in [6.45, 7) is 3.91. The van der Waals surface area contributed by atoms with Gasteiger partial charge in [0.2, 0.25) is 0 Å². The summed E-state index contributed by atoms with van der Waals surface area (Å²) in [6.07, 6.45) is -4.25. The van der Waals surface area contributed by atoms with Crippen molar-refractivity contribution in [2.75, 3.05) is 0 Å². The van der Waals surface area contributed by atoms with Crippen LogP contribution >= 0.6 is 11.3 Å². The molecule has 33 heavy (non-hydrogen) atoms. The molecule has 2 aromatic carbocycles. The zero-order valence-electron chi connectivity index (χ0n) is 17.7. The highest BCUT2D eigenvalue weighted by Gasteiger charge is 2.30. The van der Waals surface area contributed by atoms with Gasteiger partial charge in [0, 0.05) is 18.1 Å². The fraction of sp³-hybridized carbons (Fsp3) is 0.261. The van der Waals surface area contributed by atoms with Crippen LogP contribution in [0, 0.1) is 13.8 Å². The van der Waals surface area contributed by atoms with Crippen LogP contribution in [0.5, 0.6) is 5.75 Å². The normalized spacial score (nSPS) is 11.8. The van der Waals surface area contributed by atoms with Crippen LogP contribution in [0.2, 0.25) is 0 Å². The van der Waals surface area contributed by atoms with E-state index >= 15 is 0 Å². The predicted molar refractivity (Wildman–Crippen MR) is 116 cm³/mol. The maximum absolute atomic E-state index is 12.8. The van der Waals surface area contributed by atoms with E-state index < -0.39 is 17.7 Å². The van der Waals surface area contributed by atoms with Crippen molar-refractivity contribution in [1.29, 1.82) is 0 Å². The highest BCUT2D eigenvalue weighted by Crippen LogP contribution is 2.34. The largest absolute Gasteiger partial charge is 0.488 e. The molecule has 0 amide bonds. The minimum atomic E-state index is -4.38. The predicted octanol–water partition coefficient (Wildman–Crippen LogP) is 6.18. The maximum Gasteiger partial charge on any atom is 0.416 e. The van der Waals surface area contributed by atoms with Gasteiger partial charge < -0.3 is 14.3 Å². The molecule has 172 valence electrons. The number of nitrogens with zero attached hydrogens (tertiary/aromatic N) is 2. The molecule has 10 heteroatoms. The van der Waals surface area contributed by atoms with Crippen molar-refractivity contribution in [3.05, 3.63) is 64.0 Å². The molecule has 0 unspecified atom stereocenters. The summed E-state index contributed by atoms with van der Waals surface area (Å²) in [7, 11) is 0. The third-order valence-electron chi connectivity index (χ3n) is 4.97. The highest BCUT2D eigenvalue weighted by molar-refractivity contribution is 7.15. The van der Waals surface area contributed by atoms with Crippen molar-refractivity contribution in [3.8, 4) is 16.3 Å². The number of rotatable bonds is 7. The average Bonchev–Trinajstić information content (AvgIpc) is 3.33. The van der Waals surface area contributed by atoms with Crippen LogP contribution in [-0.2, 0) is 24.0 Å². The lowest BCUT2D eigenvalue weighted by Gasteiger charge is -2.06. The molecule has 0 aliphatic carbocycles. The number of hydrogen-bond donors (Lipinski definition) is 1. The summed E-state index contributed by atoms with van der Waals surface area (Å²) >= 11 is 1.36. The van der Waals surface area contributed by atoms with Gasteiger partial charge in [0.1, 0.15) is 22.9 Å². The SMILES string of the molecule is Cc1nc(-c2ccc(C(F)(F)F)cc2)sc1COc1cc(C)c2oc(CCC(=O)O)nc2c1. The van der Waals surface area contributed by atoms with E-state index in [4.69, 9.17) is 14.3 Å². The van der Waals surface area contributed by atoms with Gasteiger partial charge in [-0.15, -0.1) is 11.3 Å². The van der Waals surface area contributed by atoms with Gasteiger partial charge in [-0.2, -0.15) is 13.2 Å². The molecule has 0 radical (unpaired) electrons. The molecule has 4 aromatic rings. The van der Waals surface area contributed by atoms with Crippen LogP contribution in [0.4, 0.5) is 13.2 Å². The Hall–Kier alpha value is -3.40. The molecular formula is C23H19F3N2O4S. The minimum Gasteiger partial charge on any atom is -0.488 e. The first-order valence-corrected chi connectivity index (χ1v) is 10.8. The van der Waals surface area contributed by atoms with Gasteiger partial charge in [-0.05, 0) is 37.6 Å². The van der Waals surface area contributed by atoms with Gasteiger partial charge in [0.25, 0.3) is 0 Å². The number of carboxylic acid groups (broad SMARTS) is 1. The van der Waals surface area contributed by atoms with Gasteiger partial charge in [-0.3, -0.25) is 4.79 Å². The van der Waals surface area contributed by atoms with Crippen molar-refractivity contribution in [2.45, 2.75) is 39.5 Å². The fourth-order valence-corrected chi connectivity index (χ4v) is 4.24. The lowest BCUT2D eigenvalue weighted by Crippen LogP contribution is -2.03. The Bertz CT molecular complexity index is 1310. The lowest BCUT2D eigenvalue weighted by atomic mass is 10.1. The molecule has 0 saturated heterocycles. The summed E-state index contributed by atoms with van der Waals surface area (Å²) < 4.78 is 49.9. The number of aryl methyl sites for hydroxylation is 3. The monoisotopic (exact) mass is 476 g/mol. The number of carboxylic acids is 1. The topological polar surface area (TPSA) is 85.5 Å². The number of benzene rings is 2. The van der Waals surface area contributed by atoms with Crippen LogP contribution in [0.1, 0.15) is 34.0 Å². The van der Waals surface area contributed by atoms with Crippen molar-refractivity contribution >= 4 is 28.4 Å². The molecule has 2 heterocycles. The Morgan fingerprint density at radius 3 is 2.55 bits per heavy atom. The van der Waals surface area contributed by atoms with Crippen LogP contribution in [0.3, 0.4) is 0 Å². The highest BCUT2D eigenvalue weighted by atomic mass is 32.1. The third kappa shape index (κ3) is 5.16. The van der Waals surface area contributed by atoms with Gasteiger partial charge in [-0.1, -0.05) is 12.1 Å². The first kappa shape index (κ1) is 22.8. The van der Waals surface area contributed by atoms with Crippen molar-refractivity contribution in [1.82, 2.24) is 9.97 Å². The molecule has 1 N–H and O–H groups in total. The van der Waals surface area contributed by atoms with Gasteiger partial charge >= 0.3 is 12.1 Å². The standard InChI is InChI=1S/C23H19F3N2O4S/c1-12-9-16(10-17-21(12)32-19(28-17)7-8-20(29)30)31-11-18-13(2)27-22(33-18)14-3-5-15(6-4-14)23(24,25)26/h3-6,9-10H,7-8,11H2,1-2H3,(H,29,30). The molecule has 0 fully saturated rings. The number of thiazole rings is 1. The number of aliphatic carboxylic acids is 1. The molecule has 0 atom stereocenters. The fourth-order valence-electron chi connectivity index (χ4n) is 3.25. The Morgan fingerprint density at radius 1 is 1.15 bits per heavy atom. The number of alkyl halides is 3. The zero-order valence-corrected chi connectivity index (χ0v) is 18.5. The van der Waals surface area contributed by atoms with Gasteiger partial charge in [-0.25, -0.2) is 9.97 Å². The Kier molecular flexibility index (Phi) is 6.11. The number of oxazole rings is 1. The summed E-state index contributed by atoms with van der Waals surface area (Å²) in [4.78, 5) is 20.4. The van der Waals surface area contributed by atoms with Crippen LogP contribution in [-0.4, -0.2) is 21.0 Å². The Balaban J connectivity index is 1.49. The number of hydrogen-bond acceptors (Lipinski definition) is 6. The number of carbonyl (C=O) groups is 1. The molecular weight excluding hydrogens is 457 g/mol. The van der Waals surface area contributed by atoms with E-state index in [0.717, 1.165) is 28.3 Å². The van der Waals surface area contributed by atoms with E-state index in [1.807, 2.05) is 19.9 Å². The van der Waals surface area contributed by atoms with E-state index in [9.17, 15) is 18.0 Å².